The number of carbonyl (C=O) groups is 2. The summed E-state index contributed by atoms with van der Waals surface area (Å²) < 4.78 is 10.4. The van der Waals surface area contributed by atoms with Crippen LogP contribution in [0, 0.1) is 0 Å². The van der Waals surface area contributed by atoms with Gasteiger partial charge in [0.25, 0.3) is 0 Å². The van der Waals surface area contributed by atoms with E-state index in [0.717, 1.165) is 5.56 Å². The van der Waals surface area contributed by atoms with Crippen molar-refractivity contribution in [3.8, 4) is 5.75 Å². The molecule has 0 heterocycles. The number of ketones is 1. The predicted octanol–water partition coefficient (Wildman–Crippen LogP) is 3.91. The van der Waals surface area contributed by atoms with Crippen molar-refractivity contribution in [2.24, 2.45) is 0 Å². The van der Waals surface area contributed by atoms with Gasteiger partial charge in [-0.2, -0.15) is 0 Å². The molecule has 124 valence electrons. The highest BCUT2D eigenvalue weighted by Crippen LogP contribution is 2.15. The molecule has 0 aromatic heterocycles. The lowest BCUT2D eigenvalue weighted by molar-refractivity contribution is -0.150. The Morgan fingerprint density at radius 2 is 1.71 bits per heavy atom. The number of ether oxygens (including phenoxy) is 2. The van der Waals surface area contributed by atoms with E-state index in [2.05, 4.69) is 0 Å². The number of rotatable bonds is 7. The normalized spacial score (nSPS) is 11.9. The average molecular weight is 324 g/mol. The molecule has 2 aromatic carbocycles. The summed E-state index contributed by atoms with van der Waals surface area (Å²) in [5.74, 6) is 0.00596. The van der Waals surface area contributed by atoms with Gasteiger partial charge in [-0.25, -0.2) is 4.79 Å². The summed E-state index contributed by atoms with van der Waals surface area (Å²) >= 11 is 0. The largest absolute Gasteiger partial charge is 0.479 e. The van der Waals surface area contributed by atoms with Crippen LogP contribution in [0.1, 0.15) is 29.8 Å². The van der Waals surface area contributed by atoms with Gasteiger partial charge in [-0.3, -0.25) is 4.79 Å². The van der Waals surface area contributed by atoms with Crippen molar-refractivity contribution in [2.75, 3.05) is 6.61 Å². The highest BCUT2D eigenvalue weighted by molar-refractivity contribution is 6.06. The minimum absolute atomic E-state index is 0.0937. The molecule has 24 heavy (non-hydrogen) atoms. The van der Waals surface area contributed by atoms with Gasteiger partial charge in [0.2, 0.25) is 0 Å². The monoisotopic (exact) mass is 324 g/mol. The van der Waals surface area contributed by atoms with Crippen LogP contribution < -0.4 is 4.74 Å². The molecule has 0 saturated heterocycles. The van der Waals surface area contributed by atoms with Crippen LogP contribution in [-0.2, 0) is 9.53 Å². The summed E-state index contributed by atoms with van der Waals surface area (Å²) in [4.78, 5) is 23.7. The fourth-order valence-corrected chi connectivity index (χ4v) is 2.04. The molecular weight excluding hydrogens is 304 g/mol. The van der Waals surface area contributed by atoms with Crippen LogP contribution in [0.5, 0.6) is 5.75 Å². The maximum atomic E-state index is 12.1. The van der Waals surface area contributed by atoms with Gasteiger partial charge >= 0.3 is 5.97 Å². The zero-order valence-electron chi connectivity index (χ0n) is 13.8. The van der Waals surface area contributed by atoms with Crippen molar-refractivity contribution in [1.29, 1.82) is 0 Å². The quantitative estimate of drug-likeness (QED) is 0.440. The molecule has 0 bridgehead atoms. The van der Waals surface area contributed by atoms with Crippen molar-refractivity contribution in [2.45, 2.75) is 20.0 Å². The first-order valence-corrected chi connectivity index (χ1v) is 7.81. The summed E-state index contributed by atoms with van der Waals surface area (Å²) in [5, 5.41) is 0. The average Bonchev–Trinajstić information content (AvgIpc) is 2.61. The minimum Gasteiger partial charge on any atom is -0.479 e. The maximum absolute atomic E-state index is 12.1. The highest BCUT2D eigenvalue weighted by atomic mass is 16.6. The van der Waals surface area contributed by atoms with Crippen LogP contribution in [0.25, 0.3) is 6.08 Å². The third-order valence-corrected chi connectivity index (χ3v) is 3.30. The van der Waals surface area contributed by atoms with Crippen LogP contribution in [0.2, 0.25) is 0 Å². The van der Waals surface area contributed by atoms with Crippen LogP contribution in [0.4, 0.5) is 0 Å². The Labute approximate surface area is 141 Å². The minimum atomic E-state index is -0.690. The summed E-state index contributed by atoms with van der Waals surface area (Å²) in [6, 6.07) is 16.3. The zero-order chi connectivity index (χ0) is 17.4. The van der Waals surface area contributed by atoms with E-state index in [1.165, 1.54) is 6.08 Å². The maximum Gasteiger partial charge on any atom is 0.347 e. The Kier molecular flexibility index (Phi) is 6.32. The van der Waals surface area contributed by atoms with E-state index in [1.54, 1.807) is 44.2 Å². The number of esters is 1. The fraction of sp³-hybridized carbons (Fsp3) is 0.200. The number of allylic oxidation sites excluding steroid dienone is 1. The molecule has 0 saturated carbocycles. The van der Waals surface area contributed by atoms with E-state index >= 15 is 0 Å². The molecule has 2 rings (SSSR count). The van der Waals surface area contributed by atoms with Crippen LogP contribution in [-0.4, -0.2) is 24.5 Å². The van der Waals surface area contributed by atoms with E-state index in [4.69, 9.17) is 9.47 Å². The van der Waals surface area contributed by atoms with Gasteiger partial charge in [0.15, 0.2) is 11.9 Å². The number of carbonyl (C=O) groups excluding carboxylic acids is 2. The Bertz CT molecular complexity index is 702. The van der Waals surface area contributed by atoms with Gasteiger partial charge < -0.3 is 9.47 Å². The van der Waals surface area contributed by atoms with Gasteiger partial charge in [0, 0.05) is 5.56 Å². The molecule has 0 aliphatic carbocycles. The fourth-order valence-electron chi connectivity index (χ4n) is 2.04. The topological polar surface area (TPSA) is 52.6 Å². The Morgan fingerprint density at radius 3 is 2.33 bits per heavy atom. The molecule has 0 N–H and O–H groups in total. The third-order valence-electron chi connectivity index (χ3n) is 3.30. The van der Waals surface area contributed by atoms with Gasteiger partial charge in [-0.05, 0) is 49.8 Å². The third kappa shape index (κ3) is 5.09. The number of hydrogen-bond donors (Lipinski definition) is 0. The second kappa shape index (κ2) is 8.67. The number of hydrogen-bond acceptors (Lipinski definition) is 4. The number of benzene rings is 2. The molecular formula is C20H20O4. The lowest BCUT2D eigenvalue weighted by atomic mass is 10.1. The SMILES string of the molecule is CCOC(=O)C(C)Oc1ccc(C(=O)C=Cc2ccccc2)cc1. The van der Waals surface area contributed by atoms with Gasteiger partial charge in [-0.1, -0.05) is 36.4 Å². The van der Waals surface area contributed by atoms with E-state index < -0.39 is 12.1 Å². The van der Waals surface area contributed by atoms with Crippen molar-refractivity contribution >= 4 is 17.8 Å². The van der Waals surface area contributed by atoms with E-state index in [0.29, 0.717) is 17.9 Å². The smallest absolute Gasteiger partial charge is 0.347 e. The highest BCUT2D eigenvalue weighted by Gasteiger charge is 2.15. The van der Waals surface area contributed by atoms with E-state index in [-0.39, 0.29) is 5.78 Å². The van der Waals surface area contributed by atoms with Crippen LogP contribution >= 0.6 is 0 Å². The lowest BCUT2D eigenvalue weighted by Gasteiger charge is -2.13. The second-order valence-corrected chi connectivity index (χ2v) is 5.14. The summed E-state index contributed by atoms with van der Waals surface area (Å²) in [6.45, 7) is 3.68. The van der Waals surface area contributed by atoms with Crippen LogP contribution in [0.15, 0.2) is 60.7 Å². The Morgan fingerprint density at radius 1 is 1.04 bits per heavy atom. The van der Waals surface area contributed by atoms with E-state index in [1.807, 2.05) is 30.3 Å². The molecule has 4 nitrogen and oxygen atoms in total. The molecule has 0 radical (unpaired) electrons. The zero-order valence-corrected chi connectivity index (χ0v) is 13.8. The molecule has 0 amide bonds. The van der Waals surface area contributed by atoms with Crippen molar-refractivity contribution in [1.82, 2.24) is 0 Å². The first-order valence-electron chi connectivity index (χ1n) is 7.81. The molecule has 2 aromatic rings. The van der Waals surface area contributed by atoms with Gasteiger partial charge in [0.05, 0.1) is 6.61 Å². The summed E-state index contributed by atoms with van der Waals surface area (Å²) in [5.41, 5.74) is 1.52. The first-order chi connectivity index (χ1) is 11.6. The molecule has 4 heteroatoms. The second-order valence-electron chi connectivity index (χ2n) is 5.14. The van der Waals surface area contributed by atoms with Crippen molar-refractivity contribution in [3.63, 3.8) is 0 Å². The first kappa shape index (κ1) is 17.5. The molecule has 0 aliphatic heterocycles. The van der Waals surface area contributed by atoms with Gasteiger partial charge in [-0.15, -0.1) is 0 Å². The lowest BCUT2D eigenvalue weighted by Crippen LogP contribution is -2.26. The molecule has 0 fully saturated rings. The standard InChI is InChI=1S/C20H20O4/c1-3-23-20(22)15(2)24-18-12-10-17(11-13-18)19(21)14-9-16-7-5-4-6-8-16/h4-15H,3H2,1-2H3. The molecule has 0 spiro atoms. The van der Waals surface area contributed by atoms with E-state index in [9.17, 15) is 9.59 Å². The van der Waals surface area contributed by atoms with Crippen LogP contribution in [0.3, 0.4) is 0 Å². The van der Waals surface area contributed by atoms with Gasteiger partial charge in [0.1, 0.15) is 5.75 Å². The summed E-state index contributed by atoms with van der Waals surface area (Å²) in [7, 11) is 0. The predicted molar refractivity (Wildman–Crippen MR) is 93.0 cm³/mol. The molecule has 1 atom stereocenters. The molecule has 0 aliphatic rings. The Hall–Kier alpha value is -2.88. The summed E-state index contributed by atoms with van der Waals surface area (Å²) in [6.07, 6.45) is 2.62. The Balaban J connectivity index is 1.97. The van der Waals surface area contributed by atoms with Crippen molar-refractivity contribution in [3.05, 3.63) is 71.8 Å². The van der Waals surface area contributed by atoms with Crippen molar-refractivity contribution < 1.29 is 19.1 Å². The molecule has 1 unspecified atom stereocenters.